The molecule has 10 heteroatoms. The van der Waals surface area contributed by atoms with Crippen molar-refractivity contribution in [1.82, 2.24) is 9.55 Å². The van der Waals surface area contributed by atoms with E-state index in [9.17, 15) is 14.4 Å². The SMILES string of the molecule is CCCCCC(C)(CCC(=O)O[C@@H]1C(O[Si](C(C)C)(C(C)C)C(C)C)[C@H](n2ccc(=O)[nH]c2=O)O[C@@H]1CC)Sc1ccccc1. The summed E-state index contributed by atoms with van der Waals surface area (Å²) in [4.78, 5) is 42.2. The van der Waals surface area contributed by atoms with Gasteiger partial charge in [0.1, 0.15) is 6.10 Å². The Morgan fingerprint density at radius 1 is 0.978 bits per heavy atom. The van der Waals surface area contributed by atoms with Crippen LogP contribution in [0.4, 0.5) is 0 Å². The standard InChI is InChI=1S/C35H56N2O6SSi/c1-10-12-16-21-35(9,44-27-17-14-13-15-18-27)22-19-30(39)42-31-28(11-2)41-33(37-23-20-29(38)36-34(37)40)32(31)43-45(24(3)4,25(5)6)26(7)8/h13-15,17-18,20,23-26,28,31-33H,10-12,16,19,21-22H2,1-9H3,(H,36,38,40)/t28-,31+,32?,33-,35?/m1/s1. The number of aromatic nitrogens is 2. The second-order valence-corrected chi connectivity index (χ2v) is 20.7. The molecule has 0 saturated carbocycles. The molecule has 45 heavy (non-hydrogen) atoms. The van der Waals surface area contributed by atoms with Crippen molar-refractivity contribution in [3.8, 4) is 0 Å². The number of ether oxygens (including phenoxy) is 2. The van der Waals surface area contributed by atoms with E-state index in [1.807, 2.05) is 36.9 Å². The van der Waals surface area contributed by atoms with Gasteiger partial charge in [-0.3, -0.25) is 19.1 Å². The average molecular weight is 661 g/mol. The van der Waals surface area contributed by atoms with Gasteiger partial charge in [-0.05, 0) is 48.0 Å². The van der Waals surface area contributed by atoms with Crippen molar-refractivity contribution in [3.63, 3.8) is 0 Å². The van der Waals surface area contributed by atoms with Gasteiger partial charge in [0.05, 0.1) is 6.10 Å². The zero-order chi connectivity index (χ0) is 33.4. The molecule has 8 nitrogen and oxygen atoms in total. The van der Waals surface area contributed by atoms with Gasteiger partial charge < -0.3 is 13.9 Å². The number of H-pyrrole nitrogens is 1. The quantitative estimate of drug-likeness (QED) is 0.0790. The number of hydrogen-bond acceptors (Lipinski definition) is 7. The van der Waals surface area contributed by atoms with E-state index < -0.39 is 44.1 Å². The zero-order valence-electron chi connectivity index (χ0n) is 28.8. The fraction of sp³-hybridized carbons (Fsp3) is 0.686. The van der Waals surface area contributed by atoms with Crippen LogP contribution in [0.3, 0.4) is 0 Å². The average Bonchev–Trinajstić information content (AvgIpc) is 3.31. The van der Waals surface area contributed by atoms with Crippen molar-refractivity contribution in [3.05, 3.63) is 63.4 Å². The smallest absolute Gasteiger partial charge is 0.330 e. The van der Waals surface area contributed by atoms with E-state index in [-0.39, 0.29) is 33.8 Å². The number of nitrogens with zero attached hydrogens (tertiary/aromatic N) is 1. The van der Waals surface area contributed by atoms with E-state index in [4.69, 9.17) is 13.9 Å². The second kappa shape index (κ2) is 16.6. The maximum atomic E-state index is 13.7. The summed E-state index contributed by atoms with van der Waals surface area (Å²) >= 11 is 1.83. The lowest BCUT2D eigenvalue weighted by Gasteiger charge is -2.45. The van der Waals surface area contributed by atoms with Crippen LogP contribution in [0, 0.1) is 0 Å². The molecule has 1 saturated heterocycles. The molecule has 0 bridgehead atoms. The minimum atomic E-state index is -2.50. The lowest BCUT2D eigenvalue weighted by molar-refractivity contribution is -0.155. The molecule has 5 atom stereocenters. The molecule has 2 aromatic rings. The minimum Gasteiger partial charge on any atom is -0.457 e. The third-order valence-electron chi connectivity index (χ3n) is 9.40. The fourth-order valence-corrected chi connectivity index (χ4v) is 14.0. The lowest BCUT2D eigenvalue weighted by Crippen LogP contribution is -2.54. The van der Waals surface area contributed by atoms with E-state index in [0.717, 1.165) is 25.7 Å². The van der Waals surface area contributed by atoms with Crippen LogP contribution in [0.25, 0.3) is 0 Å². The van der Waals surface area contributed by atoms with Crippen LogP contribution in [-0.4, -0.2) is 46.9 Å². The van der Waals surface area contributed by atoms with Gasteiger partial charge in [-0.1, -0.05) is 99.8 Å². The molecule has 2 heterocycles. The highest BCUT2D eigenvalue weighted by molar-refractivity contribution is 8.00. The Morgan fingerprint density at radius 3 is 2.18 bits per heavy atom. The van der Waals surface area contributed by atoms with Crippen molar-refractivity contribution >= 4 is 26.0 Å². The first kappa shape index (κ1) is 37.3. The van der Waals surface area contributed by atoms with Crippen LogP contribution in [0.2, 0.25) is 16.6 Å². The lowest BCUT2D eigenvalue weighted by atomic mass is 9.97. The number of nitrogens with one attached hydrogen (secondary N) is 1. The predicted octanol–water partition coefficient (Wildman–Crippen LogP) is 8.23. The third-order valence-corrected chi connectivity index (χ3v) is 16.9. The molecule has 3 rings (SSSR count). The first-order valence-corrected chi connectivity index (χ1v) is 19.8. The Kier molecular flexibility index (Phi) is 13.8. The third kappa shape index (κ3) is 9.23. The summed E-state index contributed by atoms with van der Waals surface area (Å²) in [6.07, 6.45) is 4.69. The van der Waals surface area contributed by atoms with E-state index >= 15 is 0 Å². The number of esters is 1. The molecule has 1 N–H and O–H groups in total. The molecule has 0 amide bonds. The molecule has 2 unspecified atom stereocenters. The monoisotopic (exact) mass is 660 g/mol. The molecule has 1 aromatic carbocycles. The minimum absolute atomic E-state index is 0.122. The molecular formula is C35H56N2O6SSi. The number of carbonyl (C=O) groups is 1. The molecule has 0 spiro atoms. The number of unbranched alkanes of at least 4 members (excludes halogenated alkanes) is 2. The summed E-state index contributed by atoms with van der Waals surface area (Å²) in [6, 6.07) is 11.7. The van der Waals surface area contributed by atoms with Crippen LogP contribution in [-0.2, 0) is 18.7 Å². The van der Waals surface area contributed by atoms with Crippen molar-refractivity contribution in [2.24, 2.45) is 0 Å². The molecular weight excluding hydrogens is 605 g/mol. The first-order chi connectivity index (χ1) is 21.3. The van der Waals surface area contributed by atoms with Crippen molar-refractivity contribution in [2.75, 3.05) is 0 Å². The Bertz CT molecular complexity index is 1310. The van der Waals surface area contributed by atoms with Crippen molar-refractivity contribution in [1.29, 1.82) is 0 Å². The van der Waals surface area contributed by atoms with Gasteiger partial charge in [-0.15, -0.1) is 11.8 Å². The summed E-state index contributed by atoms with van der Waals surface area (Å²) in [5, 5.41) is 0. The molecule has 1 aliphatic rings. The number of aromatic amines is 1. The second-order valence-electron chi connectivity index (χ2n) is 13.7. The number of thioether (sulfide) groups is 1. The molecule has 1 aliphatic heterocycles. The van der Waals surface area contributed by atoms with Crippen LogP contribution in [0.1, 0.15) is 113 Å². The number of hydrogen-bond donors (Lipinski definition) is 1. The zero-order valence-corrected chi connectivity index (χ0v) is 30.7. The van der Waals surface area contributed by atoms with Crippen LogP contribution < -0.4 is 11.2 Å². The highest BCUT2D eigenvalue weighted by Crippen LogP contribution is 2.47. The molecule has 1 aromatic heterocycles. The molecule has 0 aliphatic carbocycles. The Balaban J connectivity index is 1.93. The summed E-state index contributed by atoms with van der Waals surface area (Å²) in [7, 11) is -2.50. The maximum absolute atomic E-state index is 13.7. The molecule has 0 radical (unpaired) electrons. The predicted molar refractivity (Wildman–Crippen MR) is 185 cm³/mol. The Hall–Kier alpha value is -2.14. The van der Waals surface area contributed by atoms with Gasteiger partial charge in [0, 0.05) is 28.3 Å². The number of benzene rings is 1. The van der Waals surface area contributed by atoms with Crippen LogP contribution in [0.5, 0.6) is 0 Å². The maximum Gasteiger partial charge on any atom is 0.330 e. The molecule has 1 fully saturated rings. The largest absolute Gasteiger partial charge is 0.457 e. The number of carbonyl (C=O) groups excluding carboxylic acids is 1. The summed E-state index contributed by atoms with van der Waals surface area (Å²) < 4.78 is 21.3. The van der Waals surface area contributed by atoms with E-state index in [1.54, 1.807) is 0 Å². The van der Waals surface area contributed by atoms with Gasteiger partial charge >= 0.3 is 11.7 Å². The van der Waals surface area contributed by atoms with Gasteiger partial charge in [0.15, 0.2) is 12.3 Å². The van der Waals surface area contributed by atoms with Gasteiger partial charge in [0.2, 0.25) is 8.32 Å². The van der Waals surface area contributed by atoms with Crippen LogP contribution in [0.15, 0.2) is 57.1 Å². The van der Waals surface area contributed by atoms with Gasteiger partial charge in [0.25, 0.3) is 5.56 Å². The van der Waals surface area contributed by atoms with E-state index in [0.29, 0.717) is 12.8 Å². The Labute approximate surface area is 275 Å². The van der Waals surface area contributed by atoms with Crippen LogP contribution >= 0.6 is 11.8 Å². The normalized spacial score (nSPS) is 21.9. The highest BCUT2D eigenvalue weighted by atomic mass is 32.2. The van der Waals surface area contributed by atoms with Gasteiger partial charge in [-0.25, -0.2) is 4.79 Å². The summed E-state index contributed by atoms with van der Waals surface area (Å²) in [5.74, 6) is -0.286. The number of rotatable bonds is 17. The Morgan fingerprint density at radius 2 is 1.62 bits per heavy atom. The van der Waals surface area contributed by atoms with E-state index in [1.165, 1.54) is 21.7 Å². The van der Waals surface area contributed by atoms with E-state index in [2.05, 4.69) is 72.5 Å². The fourth-order valence-electron chi connectivity index (χ4n) is 7.13. The summed E-state index contributed by atoms with van der Waals surface area (Å²) in [5.41, 5.74) is -0.258. The summed E-state index contributed by atoms with van der Waals surface area (Å²) in [6.45, 7) is 19.6. The molecule has 252 valence electrons. The van der Waals surface area contributed by atoms with Crippen molar-refractivity contribution in [2.45, 2.75) is 158 Å². The topological polar surface area (TPSA) is 99.6 Å². The highest BCUT2D eigenvalue weighted by Gasteiger charge is 2.55. The van der Waals surface area contributed by atoms with Gasteiger partial charge in [-0.2, -0.15) is 0 Å². The first-order valence-electron chi connectivity index (χ1n) is 16.9. The van der Waals surface area contributed by atoms with Crippen molar-refractivity contribution < 1.29 is 18.7 Å².